The van der Waals surface area contributed by atoms with Gasteiger partial charge in [0.05, 0.1) is 5.75 Å². The molecular weight excluding hydrogens is 554 g/mol. The predicted molar refractivity (Wildman–Crippen MR) is 159 cm³/mol. The van der Waals surface area contributed by atoms with Gasteiger partial charge in [-0.2, -0.15) is 0 Å². The Morgan fingerprint density at radius 2 is 1.59 bits per heavy atom. The number of hydrogen-bond donors (Lipinski definition) is 1. The molecule has 0 radical (unpaired) electrons. The summed E-state index contributed by atoms with van der Waals surface area (Å²) in [6.45, 7) is -0.00545. The molecule has 3 aromatic rings. The van der Waals surface area contributed by atoms with Crippen molar-refractivity contribution in [3.05, 3.63) is 105 Å². The van der Waals surface area contributed by atoms with Crippen LogP contribution in [0.3, 0.4) is 0 Å². The first-order valence-electron chi connectivity index (χ1n) is 13.3. The molecule has 1 N–H and O–H groups in total. The van der Waals surface area contributed by atoms with Crippen molar-refractivity contribution in [2.45, 2.75) is 62.9 Å². The van der Waals surface area contributed by atoms with Crippen molar-refractivity contribution in [1.29, 1.82) is 0 Å². The Hall–Kier alpha value is -2.54. The molecule has 1 aliphatic rings. The molecule has 0 spiro atoms. The van der Waals surface area contributed by atoms with Crippen LogP contribution in [0.1, 0.15) is 48.8 Å². The number of carbonyl (C=O) groups excluding carboxylic acids is 2. The van der Waals surface area contributed by atoms with Crippen molar-refractivity contribution in [1.82, 2.24) is 10.2 Å². The number of carbonyl (C=O) groups is 2. The Kier molecular flexibility index (Phi) is 11.1. The smallest absolute Gasteiger partial charge is 0.243 e. The van der Waals surface area contributed by atoms with Crippen molar-refractivity contribution in [3.8, 4) is 0 Å². The maximum Gasteiger partial charge on any atom is 0.243 e. The molecule has 4 nitrogen and oxygen atoms in total. The van der Waals surface area contributed by atoms with Gasteiger partial charge in [0.2, 0.25) is 11.8 Å². The Labute approximate surface area is 244 Å². The molecule has 1 atom stereocenters. The van der Waals surface area contributed by atoms with Gasteiger partial charge in [-0.1, -0.05) is 97.1 Å². The zero-order valence-electron chi connectivity index (χ0n) is 21.8. The largest absolute Gasteiger partial charge is 0.352 e. The van der Waals surface area contributed by atoms with Gasteiger partial charge in [0.25, 0.3) is 0 Å². The van der Waals surface area contributed by atoms with E-state index in [1.54, 1.807) is 36.4 Å². The monoisotopic (exact) mass is 586 g/mol. The summed E-state index contributed by atoms with van der Waals surface area (Å²) >= 11 is 14.0. The van der Waals surface area contributed by atoms with E-state index in [0.29, 0.717) is 27.8 Å². The molecule has 0 aliphatic heterocycles. The van der Waals surface area contributed by atoms with E-state index in [4.69, 9.17) is 23.2 Å². The van der Waals surface area contributed by atoms with Crippen LogP contribution in [0.4, 0.5) is 4.39 Å². The molecule has 1 saturated carbocycles. The quantitative estimate of drug-likeness (QED) is 0.254. The minimum atomic E-state index is -0.786. The number of nitrogens with one attached hydrogen (secondary N) is 1. The summed E-state index contributed by atoms with van der Waals surface area (Å²) < 4.78 is 14.8. The number of benzene rings is 3. The zero-order chi connectivity index (χ0) is 27.6. The van der Waals surface area contributed by atoms with E-state index in [1.807, 2.05) is 30.3 Å². The summed E-state index contributed by atoms with van der Waals surface area (Å²) in [7, 11) is 0. The molecule has 0 unspecified atom stereocenters. The first-order chi connectivity index (χ1) is 18.9. The van der Waals surface area contributed by atoms with Gasteiger partial charge in [0.15, 0.2) is 0 Å². The number of rotatable bonds is 11. The van der Waals surface area contributed by atoms with Crippen LogP contribution in [0, 0.1) is 5.82 Å². The highest BCUT2D eigenvalue weighted by molar-refractivity contribution is 7.99. The average Bonchev–Trinajstić information content (AvgIpc) is 2.94. The first kappa shape index (κ1) is 29.4. The summed E-state index contributed by atoms with van der Waals surface area (Å²) in [5, 5.41) is 4.29. The summed E-state index contributed by atoms with van der Waals surface area (Å²) in [4.78, 5) is 29.1. The van der Waals surface area contributed by atoms with Gasteiger partial charge in [0.1, 0.15) is 11.9 Å². The van der Waals surface area contributed by atoms with Crippen LogP contribution in [0.5, 0.6) is 0 Å². The van der Waals surface area contributed by atoms with Crippen LogP contribution in [0.2, 0.25) is 10.0 Å². The van der Waals surface area contributed by atoms with Gasteiger partial charge in [-0.3, -0.25) is 9.59 Å². The lowest BCUT2D eigenvalue weighted by molar-refractivity contribution is -0.139. The van der Waals surface area contributed by atoms with Crippen LogP contribution in [0.15, 0.2) is 72.8 Å². The predicted octanol–water partition coefficient (Wildman–Crippen LogP) is 7.45. The molecule has 1 fully saturated rings. The third-order valence-corrected chi connectivity index (χ3v) is 8.71. The molecule has 4 rings (SSSR count). The fraction of sp³-hybridized carbons (Fsp3) is 0.355. The van der Waals surface area contributed by atoms with Crippen LogP contribution in [-0.2, 0) is 28.3 Å². The van der Waals surface area contributed by atoms with Crippen LogP contribution in [-0.4, -0.2) is 34.6 Å². The van der Waals surface area contributed by atoms with Gasteiger partial charge in [0, 0.05) is 40.4 Å². The number of nitrogens with zero attached hydrogens (tertiary/aromatic N) is 1. The van der Waals surface area contributed by atoms with Gasteiger partial charge in [-0.25, -0.2) is 4.39 Å². The molecule has 8 heteroatoms. The molecule has 206 valence electrons. The topological polar surface area (TPSA) is 49.4 Å². The molecule has 1 aliphatic carbocycles. The van der Waals surface area contributed by atoms with Crippen LogP contribution < -0.4 is 5.32 Å². The molecule has 39 heavy (non-hydrogen) atoms. The lowest BCUT2D eigenvalue weighted by Gasteiger charge is -2.33. The Bertz CT molecular complexity index is 1230. The molecule has 3 aromatic carbocycles. The van der Waals surface area contributed by atoms with Gasteiger partial charge >= 0.3 is 0 Å². The van der Waals surface area contributed by atoms with E-state index < -0.39 is 11.9 Å². The highest BCUT2D eigenvalue weighted by atomic mass is 35.5. The summed E-state index contributed by atoms with van der Waals surface area (Å²) in [6.07, 6.45) is 5.52. The van der Waals surface area contributed by atoms with Crippen molar-refractivity contribution in [2.24, 2.45) is 0 Å². The van der Waals surface area contributed by atoms with E-state index in [0.717, 1.165) is 36.8 Å². The highest BCUT2D eigenvalue weighted by Gasteiger charge is 2.32. The van der Waals surface area contributed by atoms with E-state index in [1.165, 1.54) is 29.1 Å². The van der Waals surface area contributed by atoms with Gasteiger partial charge in [-0.05, 0) is 42.2 Å². The molecule has 0 heterocycles. The minimum Gasteiger partial charge on any atom is -0.352 e. The standard InChI is InChI=1S/C31H33Cl2FN2O2S/c32-26-15-9-16-27(33)25(26)20-39-21-30(37)36(19-23-12-7-8-17-28(23)34)29(18-22-10-3-1-4-11-22)31(38)35-24-13-5-2-6-14-24/h1,3-4,7-12,15-17,24,29H,2,5-6,13-14,18-21H2,(H,35,38)/t29-/m0/s1. The summed E-state index contributed by atoms with van der Waals surface area (Å²) in [5.74, 6) is -0.314. The van der Waals surface area contributed by atoms with Crippen molar-refractivity contribution in [2.75, 3.05) is 5.75 Å². The van der Waals surface area contributed by atoms with E-state index in [9.17, 15) is 14.0 Å². The second kappa shape index (κ2) is 14.7. The van der Waals surface area contributed by atoms with Crippen molar-refractivity contribution < 1.29 is 14.0 Å². The SMILES string of the molecule is O=C(NC1CCCCC1)[C@H](Cc1ccccc1)N(Cc1ccccc1F)C(=O)CSCc1c(Cl)cccc1Cl. The van der Waals surface area contributed by atoms with Gasteiger partial charge < -0.3 is 10.2 Å². The Morgan fingerprint density at radius 1 is 0.923 bits per heavy atom. The third-order valence-electron chi connectivity index (χ3n) is 7.05. The van der Waals surface area contributed by atoms with E-state index in [2.05, 4.69) is 5.32 Å². The van der Waals surface area contributed by atoms with E-state index >= 15 is 0 Å². The number of amides is 2. The first-order valence-corrected chi connectivity index (χ1v) is 15.2. The summed E-state index contributed by atoms with van der Waals surface area (Å²) in [5.41, 5.74) is 2.06. The maximum atomic E-state index is 14.8. The third kappa shape index (κ3) is 8.47. The molecular formula is C31H33Cl2FN2O2S. The lowest BCUT2D eigenvalue weighted by Crippen LogP contribution is -2.53. The Morgan fingerprint density at radius 3 is 2.28 bits per heavy atom. The van der Waals surface area contributed by atoms with Crippen molar-refractivity contribution in [3.63, 3.8) is 0 Å². The molecule has 0 aromatic heterocycles. The maximum absolute atomic E-state index is 14.8. The zero-order valence-corrected chi connectivity index (χ0v) is 24.1. The minimum absolute atomic E-state index is 0.00545. The van der Waals surface area contributed by atoms with Gasteiger partial charge in [-0.15, -0.1) is 11.8 Å². The number of halogens is 3. The highest BCUT2D eigenvalue weighted by Crippen LogP contribution is 2.29. The molecule has 0 bridgehead atoms. The Balaban J connectivity index is 1.59. The van der Waals surface area contributed by atoms with Crippen LogP contribution >= 0.6 is 35.0 Å². The lowest BCUT2D eigenvalue weighted by atomic mass is 9.94. The summed E-state index contributed by atoms with van der Waals surface area (Å²) in [6, 6.07) is 20.6. The van der Waals surface area contributed by atoms with Crippen molar-refractivity contribution >= 4 is 46.8 Å². The fourth-order valence-corrected chi connectivity index (χ4v) is 6.55. The van der Waals surface area contributed by atoms with Crippen LogP contribution in [0.25, 0.3) is 0 Å². The number of hydrogen-bond acceptors (Lipinski definition) is 3. The molecule has 0 saturated heterocycles. The second-order valence-electron chi connectivity index (χ2n) is 9.86. The van der Waals surface area contributed by atoms with E-state index in [-0.39, 0.29) is 30.2 Å². The second-order valence-corrected chi connectivity index (χ2v) is 11.7. The fourth-order valence-electron chi connectivity index (χ4n) is 4.90. The average molecular weight is 588 g/mol. The molecule has 2 amide bonds. The normalized spacial score (nSPS) is 14.5. The number of thioether (sulfide) groups is 1.